The molecule has 1 unspecified atom stereocenters. The maximum Gasteiger partial charge on any atom is 0.0703 e. The highest BCUT2D eigenvalue weighted by molar-refractivity contribution is 4.91. The van der Waals surface area contributed by atoms with E-state index >= 15 is 0 Å². The Morgan fingerprint density at radius 1 is 1.43 bits per heavy atom. The van der Waals surface area contributed by atoms with Gasteiger partial charge in [0.1, 0.15) is 0 Å². The molecule has 2 saturated carbocycles. The van der Waals surface area contributed by atoms with Crippen molar-refractivity contribution < 1.29 is 9.84 Å². The van der Waals surface area contributed by atoms with Crippen LogP contribution in [0.3, 0.4) is 0 Å². The van der Waals surface area contributed by atoms with Gasteiger partial charge in [0.15, 0.2) is 0 Å². The van der Waals surface area contributed by atoms with Gasteiger partial charge in [-0.3, -0.25) is 0 Å². The van der Waals surface area contributed by atoms with Crippen LogP contribution in [0.4, 0.5) is 0 Å². The summed E-state index contributed by atoms with van der Waals surface area (Å²) in [5, 5.41) is 9.88. The molecular weight excluding hydrogens is 176 g/mol. The lowest BCUT2D eigenvalue weighted by molar-refractivity contribution is -0.100. The smallest absolute Gasteiger partial charge is 0.0703 e. The van der Waals surface area contributed by atoms with Gasteiger partial charge >= 0.3 is 0 Å². The number of aliphatic hydroxyl groups is 1. The van der Waals surface area contributed by atoms with Crippen LogP contribution >= 0.6 is 0 Å². The SMILES string of the molecule is COC1(CC(O)CCC2CC2)CCC1. The summed E-state index contributed by atoms with van der Waals surface area (Å²) in [6, 6.07) is 0. The first-order valence-corrected chi connectivity index (χ1v) is 5.97. The molecule has 14 heavy (non-hydrogen) atoms. The maximum absolute atomic E-state index is 9.88. The third kappa shape index (κ3) is 2.48. The van der Waals surface area contributed by atoms with E-state index in [9.17, 15) is 5.11 Å². The normalized spacial score (nSPS) is 27.0. The van der Waals surface area contributed by atoms with Crippen molar-refractivity contribution in [2.24, 2.45) is 5.92 Å². The zero-order valence-corrected chi connectivity index (χ0v) is 9.17. The number of hydrogen-bond acceptors (Lipinski definition) is 2. The molecule has 0 heterocycles. The van der Waals surface area contributed by atoms with Crippen LogP contribution in [0.15, 0.2) is 0 Å². The second-order valence-corrected chi connectivity index (χ2v) is 5.12. The van der Waals surface area contributed by atoms with Gasteiger partial charge in [-0.05, 0) is 38.0 Å². The van der Waals surface area contributed by atoms with Crippen LogP contribution < -0.4 is 0 Å². The summed E-state index contributed by atoms with van der Waals surface area (Å²) in [5.41, 5.74) is 0.0446. The molecule has 2 heteroatoms. The lowest BCUT2D eigenvalue weighted by Gasteiger charge is -2.41. The molecule has 0 aromatic rings. The predicted octanol–water partition coefficient (Wildman–Crippen LogP) is 2.50. The zero-order chi connectivity index (χ0) is 10.0. The van der Waals surface area contributed by atoms with Crippen LogP contribution in [-0.2, 0) is 4.74 Å². The Morgan fingerprint density at radius 2 is 2.14 bits per heavy atom. The molecule has 2 rings (SSSR count). The van der Waals surface area contributed by atoms with Crippen LogP contribution in [0.25, 0.3) is 0 Å². The highest BCUT2D eigenvalue weighted by atomic mass is 16.5. The Bertz CT molecular complexity index is 177. The van der Waals surface area contributed by atoms with E-state index in [1.54, 1.807) is 7.11 Å². The van der Waals surface area contributed by atoms with E-state index in [1.807, 2.05) is 0 Å². The zero-order valence-electron chi connectivity index (χ0n) is 9.17. The first kappa shape index (κ1) is 10.4. The summed E-state index contributed by atoms with van der Waals surface area (Å²) in [6.45, 7) is 0. The summed E-state index contributed by atoms with van der Waals surface area (Å²) >= 11 is 0. The minimum atomic E-state index is -0.129. The van der Waals surface area contributed by atoms with Crippen molar-refractivity contribution in [3.63, 3.8) is 0 Å². The lowest BCUT2D eigenvalue weighted by Crippen LogP contribution is -2.42. The minimum Gasteiger partial charge on any atom is -0.393 e. The Morgan fingerprint density at radius 3 is 2.57 bits per heavy atom. The van der Waals surface area contributed by atoms with Crippen molar-refractivity contribution >= 4 is 0 Å². The summed E-state index contributed by atoms with van der Waals surface area (Å²) in [7, 11) is 1.78. The fraction of sp³-hybridized carbons (Fsp3) is 1.00. The van der Waals surface area contributed by atoms with Crippen molar-refractivity contribution in [2.75, 3.05) is 7.11 Å². The molecule has 82 valence electrons. The molecule has 1 atom stereocenters. The predicted molar refractivity (Wildman–Crippen MR) is 56.2 cm³/mol. The number of ether oxygens (including phenoxy) is 1. The molecule has 0 saturated heterocycles. The molecule has 0 aliphatic heterocycles. The monoisotopic (exact) mass is 198 g/mol. The molecule has 0 amide bonds. The van der Waals surface area contributed by atoms with Gasteiger partial charge in [-0.2, -0.15) is 0 Å². The number of hydrogen-bond donors (Lipinski definition) is 1. The largest absolute Gasteiger partial charge is 0.393 e. The van der Waals surface area contributed by atoms with Crippen LogP contribution in [0.2, 0.25) is 0 Å². The number of methoxy groups -OCH3 is 1. The molecule has 0 aromatic carbocycles. The van der Waals surface area contributed by atoms with Crippen LogP contribution in [0.5, 0.6) is 0 Å². The molecule has 1 N–H and O–H groups in total. The second-order valence-electron chi connectivity index (χ2n) is 5.12. The average molecular weight is 198 g/mol. The highest BCUT2D eigenvalue weighted by Gasteiger charge is 2.38. The molecule has 2 aliphatic carbocycles. The van der Waals surface area contributed by atoms with E-state index in [1.165, 1.54) is 25.7 Å². The van der Waals surface area contributed by atoms with E-state index < -0.39 is 0 Å². The highest BCUT2D eigenvalue weighted by Crippen LogP contribution is 2.40. The first-order chi connectivity index (χ1) is 6.74. The summed E-state index contributed by atoms with van der Waals surface area (Å²) in [4.78, 5) is 0. The molecule has 2 fully saturated rings. The molecule has 2 nitrogen and oxygen atoms in total. The van der Waals surface area contributed by atoms with Crippen LogP contribution in [0.1, 0.15) is 51.4 Å². The molecular formula is C12H22O2. The Labute approximate surface area is 86.6 Å². The van der Waals surface area contributed by atoms with Crippen molar-refractivity contribution in [3.8, 4) is 0 Å². The van der Waals surface area contributed by atoms with Gasteiger partial charge in [-0.25, -0.2) is 0 Å². The molecule has 0 spiro atoms. The van der Waals surface area contributed by atoms with Crippen LogP contribution in [0, 0.1) is 5.92 Å². The maximum atomic E-state index is 9.88. The van der Waals surface area contributed by atoms with Gasteiger partial charge in [-0.1, -0.05) is 12.8 Å². The molecule has 2 aliphatic rings. The summed E-state index contributed by atoms with van der Waals surface area (Å²) in [6.07, 6.45) is 9.27. The molecule has 0 radical (unpaired) electrons. The average Bonchev–Trinajstić information content (AvgIpc) is 2.91. The third-order valence-electron chi connectivity index (χ3n) is 3.91. The van der Waals surface area contributed by atoms with Gasteiger partial charge in [0.25, 0.3) is 0 Å². The quantitative estimate of drug-likeness (QED) is 0.710. The second kappa shape index (κ2) is 4.19. The number of rotatable bonds is 6. The summed E-state index contributed by atoms with van der Waals surface area (Å²) in [5.74, 6) is 0.935. The van der Waals surface area contributed by atoms with Gasteiger partial charge < -0.3 is 9.84 Å². The Kier molecular flexibility index (Phi) is 3.13. The Balaban J connectivity index is 1.66. The van der Waals surface area contributed by atoms with Crippen molar-refractivity contribution in [1.82, 2.24) is 0 Å². The van der Waals surface area contributed by atoms with E-state index in [4.69, 9.17) is 4.74 Å². The Hall–Kier alpha value is -0.0800. The van der Waals surface area contributed by atoms with E-state index in [-0.39, 0.29) is 11.7 Å². The molecule has 0 aromatic heterocycles. The van der Waals surface area contributed by atoms with E-state index in [0.29, 0.717) is 0 Å². The number of aliphatic hydroxyl groups excluding tert-OH is 1. The lowest BCUT2D eigenvalue weighted by atomic mass is 9.75. The van der Waals surface area contributed by atoms with Gasteiger partial charge in [-0.15, -0.1) is 0 Å². The fourth-order valence-corrected chi connectivity index (χ4v) is 2.43. The third-order valence-corrected chi connectivity index (χ3v) is 3.91. The standard InChI is InChI=1S/C12H22O2/c1-14-12(7-2-8-12)9-11(13)6-5-10-3-4-10/h10-11,13H,2-9H2,1H3. The minimum absolute atomic E-state index is 0.0446. The van der Waals surface area contributed by atoms with Gasteiger partial charge in [0.05, 0.1) is 11.7 Å². The van der Waals surface area contributed by atoms with Crippen molar-refractivity contribution in [3.05, 3.63) is 0 Å². The fourth-order valence-electron chi connectivity index (χ4n) is 2.43. The van der Waals surface area contributed by atoms with E-state index in [2.05, 4.69) is 0 Å². The molecule has 0 bridgehead atoms. The summed E-state index contributed by atoms with van der Waals surface area (Å²) < 4.78 is 5.51. The van der Waals surface area contributed by atoms with Gasteiger partial charge in [0, 0.05) is 13.5 Å². The topological polar surface area (TPSA) is 29.5 Å². The van der Waals surface area contributed by atoms with E-state index in [0.717, 1.165) is 31.6 Å². The first-order valence-electron chi connectivity index (χ1n) is 5.97. The van der Waals surface area contributed by atoms with Crippen molar-refractivity contribution in [1.29, 1.82) is 0 Å². The van der Waals surface area contributed by atoms with Gasteiger partial charge in [0.2, 0.25) is 0 Å². The van der Waals surface area contributed by atoms with Crippen molar-refractivity contribution in [2.45, 2.75) is 63.1 Å². The van der Waals surface area contributed by atoms with Crippen LogP contribution in [-0.4, -0.2) is 23.9 Å².